The van der Waals surface area contributed by atoms with E-state index < -0.39 is 5.97 Å². The predicted octanol–water partition coefficient (Wildman–Crippen LogP) is 1.59. The molecule has 0 radical (unpaired) electrons. The number of rotatable bonds is 3. The van der Waals surface area contributed by atoms with Crippen LogP contribution < -0.4 is 5.73 Å². The SMILES string of the molecule is C/C=C(/N)C(=O)OCc1ccccc1. The van der Waals surface area contributed by atoms with Gasteiger partial charge in [0.25, 0.3) is 0 Å². The molecule has 3 heteroatoms. The van der Waals surface area contributed by atoms with Crippen molar-refractivity contribution in [2.75, 3.05) is 0 Å². The summed E-state index contributed by atoms with van der Waals surface area (Å²) in [5.41, 5.74) is 6.46. The highest BCUT2D eigenvalue weighted by atomic mass is 16.5. The van der Waals surface area contributed by atoms with Crippen LogP contribution in [0.2, 0.25) is 0 Å². The van der Waals surface area contributed by atoms with E-state index in [0.717, 1.165) is 5.56 Å². The average Bonchev–Trinajstić information content (AvgIpc) is 2.26. The molecule has 0 amide bonds. The minimum absolute atomic E-state index is 0.140. The van der Waals surface area contributed by atoms with E-state index in [-0.39, 0.29) is 12.3 Å². The van der Waals surface area contributed by atoms with Crippen molar-refractivity contribution in [3.05, 3.63) is 47.7 Å². The van der Waals surface area contributed by atoms with Gasteiger partial charge in [0.15, 0.2) is 0 Å². The van der Waals surface area contributed by atoms with Gasteiger partial charge in [-0.2, -0.15) is 0 Å². The number of carbonyl (C=O) groups is 1. The number of ether oxygens (including phenoxy) is 1. The Morgan fingerprint density at radius 3 is 2.64 bits per heavy atom. The van der Waals surface area contributed by atoms with E-state index in [1.807, 2.05) is 30.3 Å². The number of benzene rings is 1. The molecule has 1 aromatic carbocycles. The second-order valence-electron chi connectivity index (χ2n) is 2.81. The molecular formula is C11H13NO2. The molecule has 0 unspecified atom stereocenters. The summed E-state index contributed by atoms with van der Waals surface area (Å²) in [6, 6.07) is 9.47. The summed E-state index contributed by atoms with van der Waals surface area (Å²) in [6.07, 6.45) is 1.52. The first-order valence-electron chi connectivity index (χ1n) is 4.37. The molecule has 14 heavy (non-hydrogen) atoms. The van der Waals surface area contributed by atoms with E-state index in [4.69, 9.17) is 10.5 Å². The molecule has 1 rings (SSSR count). The summed E-state index contributed by atoms with van der Waals surface area (Å²) in [5.74, 6) is -0.476. The fourth-order valence-corrected chi connectivity index (χ4v) is 0.924. The Morgan fingerprint density at radius 1 is 1.43 bits per heavy atom. The molecule has 1 aromatic rings. The quantitative estimate of drug-likeness (QED) is 0.583. The zero-order valence-corrected chi connectivity index (χ0v) is 8.07. The third kappa shape index (κ3) is 2.94. The highest BCUT2D eigenvalue weighted by Crippen LogP contribution is 2.01. The van der Waals surface area contributed by atoms with E-state index in [0.29, 0.717) is 0 Å². The van der Waals surface area contributed by atoms with Gasteiger partial charge in [-0.3, -0.25) is 0 Å². The van der Waals surface area contributed by atoms with E-state index in [1.165, 1.54) is 6.08 Å². The molecule has 0 bridgehead atoms. The Balaban J connectivity index is 2.46. The molecule has 0 heterocycles. The fourth-order valence-electron chi connectivity index (χ4n) is 0.924. The lowest BCUT2D eigenvalue weighted by Gasteiger charge is -2.03. The van der Waals surface area contributed by atoms with E-state index in [2.05, 4.69) is 0 Å². The zero-order chi connectivity index (χ0) is 10.4. The van der Waals surface area contributed by atoms with Gasteiger partial charge < -0.3 is 10.5 Å². The summed E-state index contributed by atoms with van der Waals surface area (Å²) >= 11 is 0. The largest absolute Gasteiger partial charge is 0.456 e. The minimum Gasteiger partial charge on any atom is -0.456 e. The van der Waals surface area contributed by atoms with Crippen LogP contribution in [-0.4, -0.2) is 5.97 Å². The number of hydrogen-bond acceptors (Lipinski definition) is 3. The van der Waals surface area contributed by atoms with E-state index >= 15 is 0 Å². The molecule has 0 saturated carbocycles. The number of allylic oxidation sites excluding steroid dienone is 1. The van der Waals surface area contributed by atoms with Crippen molar-refractivity contribution in [2.24, 2.45) is 5.73 Å². The van der Waals surface area contributed by atoms with Gasteiger partial charge in [0, 0.05) is 0 Å². The summed E-state index contributed by atoms with van der Waals surface area (Å²) < 4.78 is 4.95. The Labute approximate surface area is 83.2 Å². The number of nitrogens with two attached hydrogens (primary N) is 1. The molecule has 0 atom stereocenters. The predicted molar refractivity (Wildman–Crippen MR) is 54.2 cm³/mol. The van der Waals surface area contributed by atoms with Crippen molar-refractivity contribution >= 4 is 5.97 Å². The Bertz CT molecular complexity index is 330. The van der Waals surface area contributed by atoms with Crippen LogP contribution in [-0.2, 0) is 16.1 Å². The van der Waals surface area contributed by atoms with Gasteiger partial charge in [-0.05, 0) is 12.5 Å². The number of carbonyl (C=O) groups excluding carboxylic acids is 1. The average molecular weight is 191 g/mol. The zero-order valence-electron chi connectivity index (χ0n) is 8.07. The molecule has 0 saturated heterocycles. The van der Waals surface area contributed by atoms with E-state index in [1.54, 1.807) is 6.92 Å². The normalized spacial score (nSPS) is 11.1. The summed E-state index contributed by atoms with van der Waals surface area (Å²) in [6.45, 7) is 1.95. The van der Waals surface area contributed by atoms with Gasteiger partial charge >= 0.3 is 5.97 Å². The van der Waals surface area contributed by atoms with Gasteiger partial charge in [-0.15, -0.1) is 0 Å². The monoisotopic (exact) mass is 191 g/mol. The lowest BCUT2D eigenvalue weighted by atomic mass is 10.2. The highest BCUT2D eigenvalue weighted by Gasteiger charge is 2.04. The first-order valence-corrected chi connectivity index (χ1v) is 4.37. The third-order valence-corrected chi connectivity index (χ3v) is 1.76. The van der Waals surface area contributed by atoms with Crippen LogP contribution in [0.1, 0.15) is 12.5 Å². The van der Waals surface area contributed by atoms with Crippen LogP contribution in [0.15, 0.2) is 42.1 Å². The van der Waals surface area contributed by atoms with Gasteiger partial charge in [0.05, 0.1) is 0 Å². The molecule has 0 aliphatic heterocycles. The number of esters is 1. The first-order chi connectivity index (χ1) is 6.74. The van der Waals surface area contributed by atoms with Crippen LogP contribution >= 0.6 is 0 Å². The molecule has 0 spiro atoms. The van der Waals surface area contributed by atoms with Crippen molar-refractivity contribution in [1.82, 2.24) is 0 Å². The second-order valence-corrected chi connectivity index (χ2v) is 2.81. The molecule has 0 aliphatic carbocycles. The van der Waals surface area contributed by atoms with Crippen molar-refractivity contribution in [3.63, 3.8) is 0 Å². The van der Waals surface area contributed by atoms with Crippen LogP contribution in [0.25, 0.3) is 0 Å². The van der Waals surface area contributed by atoms with Crippen LogP contribution in [0.5, 0.6) is 0 Å². The summed E-state index contributed by atoms with van der Waals surface area (Å²) in [7, 11) is 0. The maximum Gasteiger partial charge on any atom is 0.354 e. The molecule has 0 aromatic heterocycles. The Hall–Kier alpha value is -1.77. The molecule has 0 fully saturated rings. The van der Waals surface area contributed by atoms with Crippen LogP contribution in [0, 0.1) is 0 Å². The lowest BCUT2D eigenvalue weighted by Crippen LogP contribution is -2.14. The third-order valence-electron chi connectivity index (χ3n) is 1.76. The van der Waals surface area contributed by atoms with Gasteiger partial charge in [-0.25, -0.2) is 4.79 Å². The maximum atomic E-state index is 11.1. The Morgan fingerprint density at radius 2 is 2.07 bits per heavy atom. The number of hydrogen-bond donors (Lipinski definition) is 1. The van der Waals surface area contributed by atoms with Crippen LogP contribution in [0.3, 0.4) is 0 Å². The fraction of sp³-hybridized carbons (Fsp3) is 0.182. The minimum atomic E-state index is -0.476. The van der Waals surface area contributed by atoms with Crippen LogP contribution in [0.4, 0.5) is 0 Å². The molecule has 74 valence electrons. The topological polar surface area (TPSA) is 52.3 Å². The van der Waals surface area contributed by atoms with E-state index in [9.17, 15) is 4.79 Å². The lowest BCUT2D eigenvalue weighted by molar-refractivity contribution is -0.140. The molecule has 0 aliphatic rings. The van der Waals surface area contributed by atoms with Crippen molar-refractivity contribution in [2.45, 2.75) is 13.5 Å². The van der Waals surface area contributed by atoms with Gasteiger partial charge in [0.2, 0.25) is 0 Å². The summed E-state index contributed by atoms with van der Waals surface area (Å²) in [5, 5.41) is 0. The smallest absolute Gasteiger partial charge is 0.354 e. The molecule has 2 N–H and O–H groups in total. The highest BCUT2D eigenvalue weighted by molar-refractivity contribution is 5.87. The van der Waals surface area contributed by atoms with Gasteiger partial charge in [-0.1, -0.05) is 36.4 Å². The van der Waals surface area contributed by atoms with Crippen molar-refractivity contribution < 1.29 is 9.53 Å². The van der Waals surface area contributed by atoms with Gasteiger partial charge in [0.1, 0.15) is 12.3 Å². The maximum absolute atomic E-state index is 11.1. The Kier molecular flexibility index (Phi) is 3.73. The molecular weight excluding hydrogens is 178 g/mol. The molecule has 3 nitrogen and oxygen atoms in total. The first kappa shape index (κ1) is 10.3. The standard InChI is InChI=1S/C11H13NO2/c1-2-10(12)11(13)14-8-9-6-4-3-5-7-9/h2-7H,8,12H2,1H3/b10-2+. The van der Waals surface area contributed by atoms with Crippen molar-refractivity contribution in [1.29, 1.82) is 0 Å². The van der Waals surface area contributed by atoms with Crippen molar-refractivity contribution in [3.8, 4) is 0 Å². The summed E-state index contributed by atoms with van der Waals surface area (Å²) in [4.78, 5) is 11.1. The second kappa shape index (κ2) is 5.07.